The molecule has 0 saturated carbocycles. The van der Waals surface area contributed by atoms with Crippen LogP contribution in [0.25, 0.3) is 0 Å². The molecule has 0 fully saturated rings. The first-order valence-corrected chi connectivity index (χ1v) is 5.00. The van der Waals surface area contributed by atoms with Gasteiger partial charge in [0.05, 0.1) is 10.7 Å². The van der Waals surface area contributed by atoms with Crippen LogP contribution in [0, 0.1) is 0 Å². The first kappa shape index (κ1) is 11.3. The third kappa shape index (κ3) is 2.87. The molecule has 76 valence electrons. The van der Waals surface area contributed by atoms with Gasteiger partial charge in [-0.15, -0.1) is 0 Å². The molecule has 0 spiro atoms. The zero-order valence-corrected chi connectivity index (χ0v) is 9.85. The average molecular weight is 278 g/mol. The Hall–Kier alpha value is -0.780. The predicted molar refractivity (Wildman–Crippen MR) is 63.5 cm³/mol. The molecule has 0 radical (unpaired) electrons. The quantitative estimate of drug-likeness (QED) is 0.318. The summed E-state index contributed by atoms with van der Waals surface area (Å²) in [6.45, 7) is 0. The number of benzene rings is 1. The number of aliphatic imine (C=N–C) groups is 1. The molecule has 0 saturated heterocycles. The summed E-state index contributed by atoms with van der Waals surface area (Å²) < 4.78 is 0.920. The molecule has 0 bridgehead atoms. The van der Waals surface area contributed by atoms with Crippen LogP contribution in [0.3, 0.4) is 0 Å². The van der Waals surface area contributed by atoms with Gasteiger partial charge in [0.1, 0.15) is 0 Å². The summed E-state index contributed by atoms with van der Waals surface area (Å²) in [5, 5.41) is 3.53. The molecule has 6 heteroatoms. The lowest BCUT2D eigenvalue weighted by Gasteiger charge is -2.09. The Morgan fingerprint density at radius 3 is 2.79 bits per heavy atom. The van der Waals surface area contributed by atoms with Crippen molar-refractivity contribution in [2.75, 3.05) is 12.4 Å². The second kappa shape index (κ2) is 5.19. The highest BCUT2D eigenvalue weighted by molar-refractivity contribution is 9.10. The lowest BCUT2D eigenvalue weighted by Crippen LogP contribution is -2.36. The maximum atomic E-state index is 5.97. The second-order valence-corrected chi connectivity index (χ2v) is 3.79. The summed E-state index contributed by atoms with van der Waals surface area (Å²) in [6, 6.07) is 5.49. The van der Waals surface area contributed by atoms with Gasteiger partial charge in [-0.05, 0) is 18.2 Å². The fourth-order valence-corrected chi connectivity index (χ4v) is 1.60. The van der Waals surface area contributed by atoms with E-state index in [2.05, 4.69) is 31.7 Å². The van der Waals surface area contributed by atoms with Crippen molar-refractivity contribution in [1.29, 1.82) is 0 Å². The van der Waals surface area contributed by atoms with Crippen LogP contribution < -0.4 is 16.6 Å². The SMILES string of the molecule is CN=C(NN)Nc1ccc(Br)cc1Cl. The Morgan fingerprint density at radius 2 is 2.29 bits per heavy atom. The first-order chi connectivity index (χ1) is 6.67. The van der Waals surface area contributed by atoms with E-state index in [0.717, 1.165) is 10.2 Å². The molecule has 1 rings (SSSR count). The molecule has 0 amide bonds. The maximum absolute atomic E-state index is 5.97. The lowest BCUT2D eigenvalue weighted by atomic mass is 10.3. The fourth-order valence-electron chi connectivity index (χ4n) is 0.875. The van der Waals surface area contributed by atoms with Gasteiger partial charge in [-0.25, -0.2) is 5.84 Å². The van der Waals surface area contributed by atoms with Crippen LogP contribution in [-0.2, 0) is 0 Å². The Kier molecular flexibility index (Phi) is 4.19. The number of halogens is 2. The minimum absolute atomic E-state index is 0.453. The van der Waals surface area contributed by atoms with Crippen molar-refractivity contribution in [2.24, 2.45) is 10.8 Å². The van der Waals surface area contributed by atoms with E-state index in [0.29, 0.717) is 11.0 Å². The van der Waals surface area contributed by atoms with E-state index in [4.69, 9.17) is 17.4 Å². The average Bonchev–Trinajstić information content (AvgIpc) is 2.17. The Labute approximate surface area is 95.6 Å². The summed E-state index contributed by atoms with van der Waals surface area (Å²) in [6.07, 6.45) is 0. The molecular weight excluding hydrogens is 267 g/mol. The predicted octanol–water partition coefficient (Wildman–Crippen LogP) is 1.96. The molecular formula is C8H10BrClN4. The molecule has 0 atom stereocenters. The molecule has 1 aromatic rings. The Balaban J connectivity index is 2.87. The highest BCUT2D eigenvalue weighted by atomic mass is 79.9. The van der Waals surface area contributed by atoms with Crippen LogP contribution in [0.4, 0.5) is 5.69 Å². The smallest absolute Gasteiger partial charge is 0.210 e. The zero-order valence-electron chi connectivity index (χ0n) is 7.51. The molecule has 0 aliphatic heterocycles. The van der Waals surface area contributed by atoms with Gasteiger partial charge in [0, 0.05) is 11.5 Å². The van der Waals surface area contributed by atoms with Gasteiger partial charge in [0.15, 0.2) is 0 Å². The topological polar surface area (TPSA) is 62.4 Å². The van der Waals surface area contributed by atoms with Gasteiger partial charge in [0.2, 0.25) is 5.96 Å². The highest BCUT2D eigenvalue weighted by Gasteiger charge is 2.02. The van der Waals surface area contributed by atoms with Crippen molar-refractivity contribution in [3.8, 4) is 0 Å². The molecule has 4 N–H and O–H groups in total. The molecule has 0 aromatic heterocycles. The van der Waals surface area contributed by atoms with Gasteiger partial charge in [0.25, 0.3) is 0 Å². The standard InChI is InChI=1S/C8H10BrClN4/c1-12-8(14-11)13-7-3-2-5(9)4-6(7)10/h2-4H,11H2,1H3,(H2,12,13,14). The van der Waals surface area contributed by atoms with E-state index in [1.807, 2.05) is 12.1 Å². The number of hydrazine groups is 1. The third-order valence-corrected chi connectivity index (χ3v) is 2.35. The van der Waals surface area contributed by atoms with Crippen LogP contribution in [0.5, 0.6) is 0 Å². The third-order valence-electron chi connectivity index (χ3n) is 1.54. The van der Waals surface area contributed by atoms with Crippen LogP contribution in [-0.4, -0.2) is 13.0 Å². The minimum Gasteiger partial charge on any atom is -0.324 e. The van der Waals surface area contributed by atoms with Crippen molar-refractivity contribution in [2.45, 2.75) is 0 Å². The van der Waals surface area contributed by atoms with Gasteiger partial charge in [-0.3, -0.25) is 10.4 Å². The number of nitrogens with two attached hydrogens (primary N) is 1. The molecule has 0 heterocycles. The van der Waals surface area contributed by atoms with Crippen molar-refractivity contribution >= 4 is 39.2 Å². The normalized spacial score (nSPS) is 11.3. The van der Waals surface area contributed by atoms with Crippen molar-refractivity contribution in [1.82, 2.24) is 5.43 Å². The van der Waals surface area contributed by atoms with Crippen molar-refractivity contribution < 1.29 is 0 Å². The lowest BCUT2D eigenvalue weighted by molar-refractivity contribution is 1.01. The van der Waals surface area contributed by atoms with Crippen molar-refractivity contribution in [3.63, 3.8) is 0 Å². The van der Waals surface area contributed by atoms with Gasteiger partial charge < -0.3 is 5.32 Å². The summed E-state index contributed by atoms with van der Waals surface area (Å²) in [5.41, 5.74) is 3.15. The Bertz CT molecular complexity index is 353. The maximum Gasteiger partial charge on any atom is 0.210 e. The van der Waals surface area contributed by atoms with E-state index in [1.165, 1.54) is 0 Å². The molecule has 14 heavy (non-hydrogen) atoms. The van der Waals surface area contributed by atoms with E-state index in [-0.39, 0.29) is 0 Å². The zero-order chi connectivity index (χ0) is 10.6. The van der Waals surface area contributed by atoms with Crippen LogP contribution >= 0.6 is 27.5 Å². The van der Waals surface area contributed by atoms with E-state index in [9.17, 15) is 0 Å². The number of guanidine groups is 1. The molecule has 0 aliphatic carbocycles. The Morgan fingerprint density at radius 1 is 1.57 bits per heavy atom. The molecule has 0 unspecified atom stereocenters. The number of hydrogen-bond donors (Lipinski definition) is 3. The number of hydrogen-bond acceptors (Lipinski definition) is 2. The molecule has 4 nitrogen and oxygen atoms in total. The van der Waals surface area contributed by atoms with Gasteiger partial charge in [-0.1, -0.05) is 27.5 Å². The number of anilines is 1. The number of nitrogens with zero attached hydrogens (tertiary/aromatic N) is 1. The number of rotatable bonds is 1. The largest absolute Gasteiger partial charge is 0.324 e. The van der Waals surface area contributed by atoms with Gasteiger partial charge >= 0.3 is 0 Å². The first-order valence-electron chi connectivity index (χ1n) is 3.83. The van der Waals surface area contributed by atoms with E-state index < -0.39 is 0 Å². The summed E-state index contributed by atoms with van der Waals surface area (Å²) >= 11 is 9.29. The second-order valence-electron chi connectivity index (χ2n) is 2.47. The fraction of sp³-hybridized carbons (Fsp3) is 0.125. The van der Waals surface area contributed by atoms with Crippen LogP contribution in [0.2, 0.25) is 5.02 Å². The van der Waals surface area contributed by atoms with Crippen LogP contribution in [0.1, 0.15) is 0 Å². The van der Waals surface area contributed by atoms with E-state index >= 15 is 0 Å². The van der Waals surface area contributed by atoms with Crippen LogP contribution in [0.15, 0.2) is 27.7 Å². The number of nitrogens with one attached hydrogen (secondary N) is 2. The molecule has 1 aromatic carbocycles. The monoisotopic (exact) mass is 276 g/mol. The molecule has 0 aliphatic rings. The summed E-state index contributed by atoms with van der Waals surface area (Å²) in [4.78, 5) is 3.86. The summed E-state index contributed by atoms with van der Waals surface area (Å²) in [5.74, 6) is 5.67. The highest BCUT2D eigenvalue weighted by Crippen LogP contribution is 2.25. The van der Waals surface area contributed by atoms with Gasteiger partial charge in [-0.2, -0.15) is 0 Å². The van der Waals surface area contributed by atoms with Crippen molar-refractivity contribution in [3.05, 3.63) is 27.7 Å². The van der Waals surface area contributed by atoms with E-state index in [1.54, 1.807) is 13.1 Å². The summed E-state index contributed by atoms with van der Waals surface area (Å²) in [7, 11) is 1.62. The minimum atomic E-state index is 0.453.